The van der Waals surface area contributed by atoms with Crippen molar-refractivity contribution in [3.8, 4) is 0 Å². The number of carbonyl (C=O) groups is 1. The number of hydrogen-bond donors (Lipinski definition) is 0. The minimum absolute atomic E-state index is 0.0956. The monoisotopic (exact) mass is 169 g/mol. The smallest absolute Gasteiger partial charge is 0.249 e. The van der Waals surface area contributed by atoms with Gasteiger partial charge in [0.1, 0.15) is 0 Å². The molecular weight excluding hydrogens is 154 g/mol. The first-order valence-corrected chi connectivity index (χ1v) is 4.21. The summed E-state index contributed by atoms with van der Waals surface area (Å²) in [6.45, 7) is 5.87. The lowest BCUT2D eigenvalue weighted by atomic mass is 10.1. The highest BCUT2D eigenvalue weighted by Crippen LogP contribution is 2.14. The molecule has 0 bridgehead atoms. The van der Waals surface area contributed by atoms with Gasteiger partial charge in [-0.3, -0.25) is 4.79 Å². The second kappa shape index (κ2) is 4.26. The SMILES string of the molecule is C=C1CCCN(CCOC)C1=O. The maximum atomic E-state index is 11.4. The summed E-state index contributed by atoms with van der Waals surface area (Å²) in [4.78, 5) is 13.2. The Kier molecular flexibility index (Phi) is 3.29. The van der Waals surface area contributed by atoms with Crippen LogP contribution in [0.3, 0.4) is 0 Å². The first kappa shape index (κ1) is 9.26. The predicted molar refractivity (Wildman–Crippen MR) is 46.8 cm³/mol. The number of amides is 1. The number of piperidine rings is 1. The molecule has 12 heavy (non-hydrogen) atoms. The minimum atomic E-state index is 0.0956. The predicted octanol–water partition coefficient (Wildman–Crippen LogP) is 0.811. The summed E-state index contributed by atoms with van der Waals surface area (Å²) in [5, 5.41) is 0. The van der Waals surface area contributed by atoms with Gasteiger partial charge in [-0.2, -0.15) is 0 Å². The lowest BCUT2D eigenvalue weighted by Crippen LogP contribution is -2.38. The zero-order valence-electron chi connectivity index (χ0n) is 7.51. The molecule has 3 nitrogen and oxygen atoms in total. The molecule has 1 amide bonds. The van der Waals surface area contributed by atoms with Gasteiger partial charge in [0.05, 0.1) is 6.61 Å². The fraction of sp³-hybridized carbons (Fsp3) is 0.667. The zero-order valence-corrected chi connectivity index (χ0v) is 7.51. The first-order chi connectivity index (χ1) is 5.75. The van der Waals surface area contributed by atoms with Crippen LogP contribution in [0.2, 0.25) is 0 Å². The number of methoxy groups -OCH3 is 1. The Morgan fingerprint density at radius 3 is 3.08 bits per heavy atom. The Bertz CT molecular complexity index is 189. The van der Waals surface area contributed by atoms with Gasteiger partial charge < -0.3 is 9.64 Å². The van der Waals surface area contributed by atoms with E-state index >= 15 is 0 Å². The molecule has 1 rings (SSSR count). The van der Waals surface area contributed by atoms with Crippen LogP contribution in [0.15, 0.2) is 12.2 Å². The Hall–Kier alpha value is -0.830. The van der Waals surface area contributed by atoms with Crippen molar-refractivity contribution in [2.45, 2.75) is 12.8 Å². The third-order valence-corrected chi connectivity index (χ3v) is 2.06. The highest BCUT2D eigenvalue weighted by molar-refractivity contribution is 5.93. The van der Waals surface area contributed by atoms with Gasteiger partial charge in [-0.15, -0.1) is 0 Å². The fourth-order valence-electron chi connectivity index (χ4n) is 1.33. The van der Waals surface area contributed by atoms with Gasteiger partial charge in [0.2, 0.25) is 5.91 Å². The van der Waals surface area contributed by atoms with Crippen LogP contribution >= 0.6 is 0 Å². The molecule has 0 aliphatic carbocycles. The van der Waals surface area contributed by atoms with Crippen molar-refractivity contribution < 1.29 is 9.53 Å². The van der Waals surface area contributed by atoms with Gasteiger partial charge in [0.25, 0.3) is 0 Å². The number of hydrogen-bond acceptors (Lipinski definition) is 2. The first-order valence-electron chi connectivity index (χ1n) is 4.21. The Balaban J connectivity index is 2.41. The number of likely N-dealkylation sites (tertiary alicyclic amines) is 1. The molecule has 0 aromatic heterocycles. The lowest BCUT2D eigenvalue weighted by molar-refractivity contribution is -0.129. The standard InChI is InChI=1S/C9H15NO2/c1-8-4-3-5-10(9(8)11)6-7-12-2/h1,3-7H2,2H3. The molecule has 1 heterocycles. The Morgan fingerprint density at radius 1 is 1.67 bits per heavy atom. The van der Waals surface area contributed by atoms with Gasteiger partial charge in [-0.1, -0.05) is 6.58 Å². The summed E-state index contributed by atoms with van der Waals surface area (Å²) in [7, 11) is 1.64. The van der Waals surface area contributed by atoms with Crippen LogP contribution in [0.5, 0.6) is 0 Å². The number of ether oxygens (including phenoxy) is 1. The van der Waals surface area contributed by atoms with Gasteiger partial charge in [0, 0.05) is 25.8 Å². The van der Waals surface area contributed by atoms with E-state index in [4.69, 9.17) is 4.74 Å². The van der Waals surface area contributed by atoms with Crippen molar-refractivity contribution in [1.29, 1.82) is 0 Å². The summed E-state index contributed by atoms with van der Waals surface area (Å²) in [6, 6.07) is 0. The van der Waals surface area contributed by atoms with Gasteiger partial charge in [-0.05, 0) is 12.8 Å². The van der Waals surface area contributed by atoms with E-state index in [-0.39, 0.29) is 5.91 Å². The quantitative estimate of drug-likeness (QED) is 0.585. The fourth-order valence-corrected chi connectivity index (χ4v) is 1.33. The van der Waals surface area contributed by atoms with E-state index in [9.17, 15) is 4.79 Å². The minimum Gasteiger partial charge on any atom is -0.383 e. The zero-order chi connectivity index (χ0) is 8.97. The lowest BCUT2D eigenvalue weighted by Gasteiger charge is -2.27. The molecule has 68 valence electrons. The topological polar surface area (TPSA) is 29.5 Å². The molecule has 0 spiro atoms. The Labute approximate surface area is 73.0 Å². The van der Waals surface area contributed by atoms with Crippen LogP contribution in [0.25, 0.3) is 0 Å². The van der Waals surface area contributed by atoms with Crippen LogP contribution in [-0.2, 0) is 9.53 Å². The van der Waals surface area contributed by atoms with Crippen molar-refractivity contribution in [3.63, 3.8) is 0 Å². The summed E-state index contributed by atoms with van der Waals surface area (Å²) in [5.41, 5.74) is 0.734. The summed E-state index contributed by atoms with van der Waals surface area (Å²) < 4.78 is 4.90. The van der Waals surface area contributed by atoms with Crippen LogP contribution in [0, 0.1) is 0 Å². The Morgan fingerprint density at radius 2 is 2.42 bits per heavy atom. The van der Waals surface area contributed by atoms with E-state index in [0.717, 1.165) is 25.0 Å². The normalized spacial score (nSPS) is 18.6. The van der Waals surface area contributed by atoms with E-state index in [0.29, 0.717) is 13.2 Å². The van der Waals surface area contributed by atoms with Crippen molar-refractivity contribution in [1.82, 2.24) is 4.90 Å². The van der Waals surface area contributed by atoms with Crippen LogP contribution in [-0.4, -0.2) is 37.6 Å². The molecule has 1 aliphatic rings. The highest BCUT2D eigenvalue weighted by atomic mass is 16.5. The summed E-state index contributed by atoms with van der Waals surface area (Å²) >= 11 is 0. The molecular formula is C9H15NO2. The molecule has 3 heteroatoms. The van der Waals surface area contributed by atoms with E-state index in [1.54, 1.807) is 12.0 Å². The molecule has 0 unspecified atom stereocenters. The van der Waals surface area contributed by atoms with Gasteiger partial charge >= 0.3 is 0 Å². The molecule has 0 atom stereocenters. The molecule has 1 aliphatic heterocycles. The molecule has 0 saturated carbocycles. The van der Waals surface area contributed by atoms with Crippen molar-refractivity contribution in [3.05, 3.63) is 12.2 Å². The number of nitrogens with zero attached hydrogens (tertiary/aromatic N) is 1. The average Bonchev–Trinajstić information content (AvgIpc) is 2.08. The molecule has 0 radical (unpaired) electrons. The van der Waals surface area contributed by atoms with E-state index in [2.05, 4.69) is 6.58 Å². The van der Waals surface area contributed by atoms with Crippen molar-refractivity contribution >= 4 is 5.91 Å². The maximum Gasteiger partial charge on any atom is 0.249 e. The third-order valence-electron chi connectivity index (χ3n) is 2.06. The summed E-state index contributed by atoms with van der Waals surface area (Å²) in [6.07, 6.45) is 1.89. The molecule has 1 saturated heterocycles. The average molecular weight is 169 g/mol. The number of carbonyl (C=O) groups excluding carboxylic acids is 1. The van der Waals surface area contributed by atoms with Gasteiger partial charge in [-0.25, -0.2) is 0 Å². The largest absolute Gasteiger partial charge is 0.383 e. The maximum absolute atomic E-state index is 11.4. The van der Waals surface area contributed by atoms with Crippen molar-refractivity contribution in [2.24, 2.45) is 0 Å². The molecule has 0 aromatic carbocycles. The van der Waals surface area contributed by atoms with Gasteiger partial charge in [0.15, 0.2) is 0 Å². The van der Waals surface area contributed by atoms with E-state index < -0.39 is 0 Å². The third kappa shape index (κ3) is 2.08. The molecule has 1 fully saturated rings. The molecule has 0 N–H and O–H groups in total. The van der Waals surface area contributed by atoms with Crippen LogP contribution in [0.4, 0.5) is 0 Å². The summed E-state index contributed by atoms with van der Waals surface area (Å²) in [5.74, 6) is 0.0956. The second-order valence-electron chi connectivity index (χ2n) is 2.99. The highest BCUT2D eigenvalue weighted by Gasteiger charge is 2.20. The van der Waals surface area contributed by atoms with E-state index in [1.807, 2.05) is 0 Å². The van der Waals surface area contributed by atoms with Crippen LogP contribution in [0.1, 0.15) is 12.8 Å². The van der Waals surface area contributed by atoms with Crippen molar-refractivity contribution in [2.75, 3.05) is 26.8 Å². The van der Waals surface area contributed by atoms with Crippen LogP contribution < -0.4 is 0 Å². The second-order valence-corrected chi connectivity index (χ2v) is 2.99. The number of rotatable bonds is 3. The molecule has 0 aromatic rings. The van der Waals surface area contributed by atoms with E-state index in [1.165, 1.54) is 0 Å².